The van der Waals surface area contributed by atoms with Crippen molar-refractivity contribution in [1.29, 1.82) is 5.26 Å². The van der Waals surface area contributed by atoms with E-state index in [9.17, 15) is 0 Å². The first-order valence-corrected chi connectivity index (χ1v) is 11.6. The van der Waals surface area contributed by atoms with E-state index in [4.69, 9.17) is 20.0 Å². The molecule has 2 unspecified atom stereocenters. The summed E-state index contributed by atoms with van der Waals surface area (Å²) in [6, 6.07) is 7.72. The van der Waals surface area contributed by atoms with Crippen molar-refractivity contribution in [2.24, 2.45) is 0 Å². The topological polar surface area (TPSA) is 118 Å². The Morgan fingerprint density at radius 1 is 1.12 bits per heavy atom. The zero-order chi connectivity index (χ0) is 21.9. The first-order valence-electron chi connectivity index (χ1n) is 11.6. The van der Waals surface area contributed by atoms with Crippen molar-refractivity contribution < 1.29 is 4.74 Å². The van der Waals surface area contributed by atoms with Crippen molar-refractivity contribution in [2.75, 3.05) is 48.4 Å². The molecule has 0 aliphatic carbocycles. The molecule has 32 heavy (non-hydrogen) atoms. The van der Waals surface area contributed by atoms with Gasteiger partial charge in [0, 0.05) is 62.0 Å². The SMILES string of the molecule is Cc1cc(Nc2cc(NC3CC4CCC(C3)N4CCC#N)nc(N3CCOCC3)n2)n[nH]1. The Labute approximate surface area is 188 Å². The molecular weight excluding hydrogens is 406 g/mol. The summed E-state index contributed by atoms with van der Waals surface area (Å²) >= 11 is 0. The van der Waals surface area contributed by atoms with Gasteiger partial charge in [0.2, 0.25) is 5.95 Å². The fourth-order valence-corrected chi connectivity index (χ4v) is 5.24. The van der Waals surface area contributed by atoms with E-state index in [1.54, 1.807) is 0 Å². The third kappa shape index (κ3) is 4.64. The van der Waals surface area contributed by atoms with Crippen LogP contribution in [0.3, 0.4) is 0 Å². The maximum Gasteiger partial charge on any atom is 0.229 e. The van der Waals surface area contributed by atoms with Crippen LogP contribution in [0, 0.1) is 18.3 Å². The molecule has 5 rings (SSSR count). The normalized spacial score (nSPS) is 25.5. The van der Waals surface area contributed by atoms with Gasteiger partial charge in [-0.1, -0.05) is 0 Å². The first kappa shape index (κ1) is 21.0. The van der Waals surface area contributed by atoms with Crippen LogP contribution in [0.2, 0.25) is 0 Å². The second-order valence-corrected chi connectivity index (χ2v) is 8.94. The van der Waals surface area contributed by atoms with Gasteiger partial charge in [-0.15, -0.1) is 0 Å². The number of ether oxygens (including phenoxy) is 1. The van der Waals surface area contributed by atoms with Gasteiger partial charge in [0.1, 0.15) is 11.6 Å². The smallest absolute Gasteiger partial charge is 0.229 e. The Kier molecular flexibility index (Phi) is 6.10. The van der Waals surface area contributed by atoms with E-state index < -0.39 is 0 Å². The molecule has 10 nitrogen and oxygen atoms in total. The minimum absolute atomic E-state index is 0.374. The molecule has 0 radical (unpaired) electrons. The Balaban J connectivity index is 1.33. The third-order valence-electron chi connectivity index (χ3n) is 6.69. The molecule has 3 aliphatic heterocycles. The fraction of sp³-hybridized carbons (Fsp3) is 0.636. The van der Waals surface area contributed by atoms with E-state index in [-0.39, 0.29) is 0 Å². The number of piperidine rings is 1. The molecular formula is C22H31N9O. The van der Waals surface area contributed by atoms with E-state index >= 15 is 0 Å². The van der Waals surface area contributed by atoms with E-state index in [1.807, 2.05) is 19.1 Å². The molecule has 170 valence electrons. The number of aromatic nitrogens is 4. The number of aryl methyl sites for hydroxylation is 1. The molecule has 3 saturated heterocycles. The lowest BCUT2D eigenvalue weighted by Crippen LogP contribution is -2.47. The van der Waals surface area contributed by atoms with E-state index in [0.29, 0.717) is 43.7 Å². The minimum Gasteiger partial charge on any atom is -0.378 e. The molecule has 0 aromatic carbocycles. The monoisotopic (exact) mass is 437 g/mol. The number of fused-ring (bicyclic) bond motifs is 2. The van der Waals surface area contributed by atoms with Crippen LogP contribution in [0.5, 0.6) is 0 Å². The molecule has 10 heteroatoms. The van der Waals surface area contributed by atoms with Crippen LogP contribution in [-0.4, -0.2) is 76.0 Å². The summed E-state index contributed by atoms with van der Waals surface area (Å²) in [6.45, 7) is 5.81. The molecule has 0 amide bonds. The highest BCUT2D eigenvalue weighted by Crippen LogP contribution is 2.37. The Morgan fingerprint density at radius 2 is 1.88 bits per heavy atom. The number of anilines is 4. The fourth-order valence-electron chi connectivity index (χ4n) is 5.24. The van der Waals surface area contributed by atoms with Crippen LogP contribution in [-0.2, 0) is 4.74 Å². The van der Waals surface area contributed by atoms with Crippen LogP contribution in [0.25, 0.3) is 0 Å². The lowest BCUT2D eigenvalue weighted by atomic mass is 9.97. The number of hydrogen-bond donors (Lipinski definition) is 3. The molecule has 2 bridgehead atoms. The van der Waals surface area contributed by atoms with Gasteiger partial charge in [0.25, 0.3) is 0 Å². The standard InChI is InChI=1S/C22H31N9O/c1-15-11-21(29-28-15)25-20-14-19(26-22(27-20)30-7-9-32-10-8-30)24-16-12-17-3-4-18(13-16)31(17)6-2-5-23/h11,14,16-18H,2-4,6-10,12-13H2,1H3,(H3,24,25,26,27,28,29). The van der Waals surface area contributed by atoms with Crippen molar-refractivity contribution >= 4 is 23.4 Å². The second-order valence-electron chi connectivity index (χ2n) is 8.94. The van der Waals surface area contributed by atoms with Crippen molar-refractivity contribution in [3.05, 3.63) is 17.8 Å². The number of nitriles is 1. The zero-order valence-electron chi connectivity index (χ0n) is 18.5. The summed E-state index contributed by atoms with van der Waals surface area (Å²) in [5, 5.41) is 23.2. The Bertz CT molecular complexity index is 951. The lowest BCUT2D eigenvalue weighted by molar-refractivity contribution is 0.122. The molecule has 2 atom stereocenters. The average molecular weight is 438 g/mol. The van der Waals surface area contributed by atoms with E-state index in [1.165, 1.54) is 12.8 Å². The zero-order valence-corrected chi connectivity index (χ0v) is 18.5. The van der Waals surface area contributed by atoms with Crippen LogP contribution in [0.4, 0.5) is 23.4 Å². The molecule has 0 spiro atoms. The Morgan fingerprint density at radius 3 is 2.56 bits per heavy atom. The predicted octanol–water partition coefficient (Wildman–Crippen LogP) is 2.41. The van der Waals surface area contributed by atoms with E-state index in [0.717, 1.165) is 55.6 Å². The average Bonchev–Trinajstić information content (AvgIpc) is 3.31. The summed E-state index contributed by atoms with van der Waals surface area (Å²) in [4.78, 5) is 14.3. The molecule has 3 N–H and O–H groups in total. The molecule has 3 fully saturated rings. The van der Waals surface area contributed by atoms with Crippen LogP contribution >= 0.6 is 0 Å². The van der Waals surface area contributed by atoms with Gasteiger partial charge in [-0.25, -0.2) is 0 Å². The third-order valence-corrected chi connectivity index (χ3v) is 6.69. The quantitative estimate of drug-likeness (QED) is 0.600. The summed E-state index contributed by atoms with van der Waals surface area (Å²) in [6.07, 6.45) is 5.23. The van der Waals surface area contributed by atoms with Gasteiger partial charge in [-0.05, 0) is 32.6 Å². The maximum atomic E-state index is 8.98. The van der Waals surface area contributed by atoms with Gasteiger partial charge < -0.3 is 20.3 Å². The number of rotatable bonds is 7. The highest BCUT2D eigenvalue weighted by Gasteiger charge is 2.40. The molecule has 0 saturated carbocycles. The predicted molar refractivity (Wildman–Crippen MR) is 122 cm³/mol. The second kappa shape index (κ2) is 9.30. The van der Waals surface area contributed by atoms with Crippen LogP contribution < -0.4 is 15.5 Å². The van der Waals surface area contributed by atoms with Crippen molar-refractivity contribution in [1.82, 2.24) is 25.1 Å². The first-order chi connectivity index (χ1) is 15.7. The highest BCUT2D eigenvalue weighted by molar-refractivity contribution is 5.59. The molecule has 5 heterocycles. The summed E-state index contributed by atoms with van der Waals surface area (Å²) < 4.78 is 5.50. The number of H-pyrrole nitrogens is 1. The number of nitrogens with one attached hydrogen (secondary N) is 3. The largest absolute Gasteiger partial charge is 0.378 e. The van der Waals surface area contributed by atoms with Gasteiger partial charge in [-0.3, -0.25) is 10.00 Å². The van der Waals surface area contributed by atoms with E-state index in [2.05, 4.69) is 36.7 Å². The number of aromatic amines is 1. The summed E-state index contributed by atoms with van der Waals surface area (Å²) in [5.41, 5.74) is 0.993. The van der Waals surface area contributed by atoms with Crippen molar-refractivity contribution in [2.45, 2.75) is 57.2 Å². The van der Waals surface area contributed by atoms with Crippen LogP contribution in [0.1, 0.15) is 37.8 Å². The van der Waals surface area contributed by atoms with Gasteiger partial charge in [0.15, 0.2) is 5.82 Å². The van der Waals surface area contributed by atoms with Crippen molar-refractivity contribution in [3.8, 4) is 6.07 Å². The van der Waals surface area contributed by atoms with Gasteiger partial charge in [0.05, 0.1) is 19.3 Å². The van der Waals surface area contributed by atoms with Gasteiger partial charge >= 0.3 is 0 Å². The van der Waals surface area contributed by atoms with Crippen LogP contribution in [0.15, 0.2) is 12.1 Å². The number of hydrogen-bond acceptors (Lipinski definition) is 9. The maximum absolute atomic E-state index is 8.98. The minimum atomic E-state index is 0.374. The van der Waals surface area contributed by atoms with Gasteiger partial charge in [-0.2, -0.15) is 20.3 Å². The summed E-state index contributed by atoms with van der Waals surface area (Å²) in [5.74, 6) is 3.02. The lowest BCUT2D eigenvalue weighted by Gasteiger charge is -2.39. The summed E-state index contributed by atoms with van der Waals surface area (Å²) in [7, 11) is 0. The number of nitrogens with zero attached hydrogens (tertiary/aromatic N) is 6. The van der Waals surface area contributed by atoms with Crippen molar-refractivity contribution in [3.63, 3.8) is 0 Å². The highest BCUT2D eigenvalue weighted by atomic mass is 16.5. The molecule has 2 aromatic rings. The molecule has 3 aliphatic rings. The molecule has 2 aromatic heterocycles. The number of morpholine rings is 1. The Hall–Kier alpha value is -2.90.